The Morgan fingerprint density at radius 1 is 1.67 bits per heavy atom. The molecule has 1 aliphatic rings. The quantitative estimate of drug-likeness (QED) is 0.583. The molecule has 0 saturated carbocycles. The molecule has 0 radical (unpaired) electrons. The predicted octanol–water partition coefficient (Wildman–Crippen LogP) is 0.772. The number of amidine groups is 1. The van der Waals surface area contributed by atoms with Gasteiger partial charge >= 0.3 is 5.92 Å². The summed E-state index contributed by atoms with van der Waals surface area (Å²) in [6.07, 6.45) is -2.12. The van der Waals surface area contributed by atoms with E-state index in [1.54, 1.807) is 0 Å². The van der Waals surface area contributed by atoms with Gasteiger partial charge in [-0.05, 0) is 13.3 Å². The molecule has 1 saturated heterocycles. The summed E-state index contributed by atoms with van der Waals surface area (Å²) in [6, 6.07) is 0.143. The first kappa shape index (κ1) is 15.1. The minimum absolute atomic E-state index is 0.0659. The Bertz CT molecular complexity index is 300. The number of nitrogens with one attached hydrogen (secondary N) is 1. The van der Waals surface area contributed by atoms with Gasteiger partial charge in [-0.2, -0.15) is 8.78 Å². The number of alkyl halides is 2. The fourth-order valence-electron chi connectivity index (χ4n) is 1.52. The summed E-state index contributed by atoms with van der Waals surface area (Å²) < 4.78 is 37.3. The predicted molar refractivity (Wildman–Crippen MR) is 62.9 cm³/mol. The van der Waals surface area contributed by atoms with E-state index in [-0.39, 0.29) is 18.7 Å². The molecule has 1 rings (SSSR count). The molecule has 1 heterocycles. The molecule has 1 aliphatic heterocycles. The number of nitrogens with zero attached hydrogens (tertiary/aromatic N) is 1. The number of halogens is 2. The highest BCUT2D eigenvalue weighted by Gasteiger charge is 2.55. The lowest BCUT2D eigenvalue weighted by atomic mass is 10.1. The Kier molecular flexibility index (Phi) is 5.28. The van der Waals surface area contributed by atoms with Crippen LogP contribution >= 0.6 is 0 Å². The average molecular weight is 266 g/mol. The lowest BCUT2D eigenvalue weighted by Crippen LogP contribution is -2.45. The van der Waals surface area contributed by atoms with Gasteiger partial charge in [0.25, 0.3) is 6.02 Å². The van der Waals surface area contributed by atoms with Crippen LogP contribution in [-0.2, 0) is 9.47 Å². The monoisotopic (exact) mass is 266 g/mol. The van der Waals surface area contributed by atoms with Crippen LogP contribution in [0, 0.1) is 0 Å². The van der Waals surface area contributed by atoms with Crippen LogP contribution in [0.1, 0.15) is 20.3 Å². The number of hydrogen-bond acceptors (Lipinski definition) is 4. The van der Waals surface area contributed by atoms with Gasteiger partial charge in [-0.1, -0.05) is 6.92 Å². The SMILES string of the molecule is CCC(C)NC(=NC)O[C@@H]1CO[C@H](CO)C1(F)F. The highest BCUT2D eigenvalue weighted by atomic mass is 19.3. The number of ether oxygens (including phenoxy) is 2. The van der Waals surface area contributed by atoms with Crippen molar-refractivity contribution in [1.82, 2.24) is 5.32 Å². The van der Waals surface area contributed by atoms with Gasteiger partial charge < -0.3 is 19.9 Å². The van der Waals surface area contributed by atoms with Gasteiger partial charge in [0.1, 0.15) is 6.10 Å². The average Bonchev–Trinajstić information content (AvgIpc) is 2.63. The summed E-state index contributed by atoms with van der Waals surface area (Å²) >= 11 is 0. The van der Waals surface area contributed by atoms with Crippen LogP contribution in [0.2, 0.25) is 0 Å². The van der Waals surface area contributed by atoms with Crippen LogP contribution in [0.5, 0.6) is 0 Å². The van der Waals surface area contributed by atoms with Crippen LogP contribution in [0.25, 0.3) is 0 Å². The van der Waals surface area contributed by atoms with E-state index in [0.29, 0.717) is 0 Å². The molecule has 0 bridgehead atoms. The number of aliphatic imine (C=N–C) groups is 1. The van der Waals surface area contributed by atoms with Crippen molar-refractivity contribution in [3.05, 3.63) is 0 Å². The van der Waals surface area contributed by atoms with E-state index < -0.39 is 24.7 Å². The van der Waals surface area contributed by atoms with Gasteiger partial charge in [0.05, 0.1) is 13.2 Å². The highest BCUT2D eigenvalue weighted by molar-refractivity contribution is 5.74. The number of aliphatic hydroxyl groups excluding tert-OH is 1. The second-order valence-electron chi connectivity index (χ2n) is 4.27. The third-order valence-electron chi connectivity index (χ3n) is 2.91. The van der Waals surface area contributed by atoms with Crippen LogP contribution in [0.3, 0.4) is 0 Å². The number of aliphatic hydroxyl groups is 1. The minimum atomic E-state index is -3.22. The zero-order valence-electron chi connectivity index (χ0n) is 10.8. The van der Waals surface area contributed by atoms with Crippen molar-refractivity contribution in [3.8, 4) is 0 Å². The van der Waals surface area contributed by atoms with Crippen molar-refractivity contribution >= 4 is 6.02 Å². The summed E-state index contributed by atoms with van der Waals surface area (Å²) in [5.74, 6) is -3.22. The molecule has 0 aliphatic carbocycles. The van der Waals surface area contributed by atoms with Crippen molar-refractivity contribution in [1.29, 1.82) is 0 Å². The number of hydrogen-bond donors (Lipinski definition) is 2. The summed E-state index contributed by atoms with van der Waals surface area (Å²) in [7, 11) is 1.46. The molecule has 3 atom stereocenters. The van der Waals surface area contributed by atoms with Crippen molar-refractivity contribution in [3.63, 3.8) is 0 Å². The lowest BCUT2D eigenvalue weighted by Gasteiger charge is -2.24. The van der Waals surface area contributed by atoms with Crippen LogP contribution in [0.4, 0.5) is 8.78 Å². The first-order chi connectivity index (χ1) is 8.45. The van der Waals surface area contributed by atoms with E-state index in [4.69, 9.17) is 14.6 Å². The van der Waals surface area contributed by atoms with Gasteiger partial charge in [-0.15, -0.1) is 0 Å². The standard InChI is InChI=1S/C11H20F2N2O3/c1-4-7(2)15-10(14-3)18-9-6-17-8(5-16)11(9,12)13/h7-9,16H,4-6H2,1-3H3,(H,14,15)/t7?,8-,9-/m1/s1. The van der Waals surface area contributed by atoms with E-state index in [2.05, 4.69) is 10.3 Å². The van der Waals surface area contributed by atoms with Crippen LogP contribution in [-0.4, -0.2) is 55.6 Å². The maximum atomic E-state index is 13.7. The van der Waals surface area contributed by atoms with Gasteiger partial charge in [0.15, 0.2) is 6.10 Å². The first-order valence-corrected chi connectivity index (χ1v) is 5.95. The third-order valence-corrected chi connectivity index (χ3v) is 2.91. The van der Waals surface area contributed by atoms with Gasteiger partial charge in [-0.25, -0.2) is 4.99 Å². The van der Waals surface area contributed by atoms with E-state index in [0.717, 1.165) is 6.42 Å². The molecule has 7 heteroatoms. The summed E-state index contributed by atoms with van der Waals surface area (Å²) in [4.78, 5) is 3.79. The van der Waals surface area contributed by atoms with Crippen molar-refractivity contribution in [2.24, 2.45) is 4.99 Å². The molecule has 0 spiro atoms. The molecule has 1 fully saturated rings. The van der Waals surface area contributed by atoms with E-state index >= 15 is 0 Å². The molecular formula is C11H20F2N2O3. The van der Waals surface area contributed by atoms with Gasteiger partial charge in [0, 0.05) is 13.1 Å². The smallest absolute Gasteiger partial charge is 0.314 e. The van der Waals surface area contributed by atoms with E-state index in [1.165, 1.54) is 7.05 Å². The molecular weight excluding hydrogens is 246 g/mol. The third kappa shape index (κ3) is 3.29. The molecule has 0 aromatic heterocycles. The van der Waals surface area contributed by atoms with Crippen LogP contribution in [0.15, 0.2) is 4.99 Å². The molecule has 0 aromatic rings. The molecule has 106 valence electrons. The fourth-order valence-corrected chi connectivity index (χ4v) is 1.52. The minimum Gasteiger partial charge on any atom is -0.453 e. The number of rotatable bonds is 4. The maximum Gasteiger partial charge on any atom is 0.314 e. The molecule has 1 unspecified atom stereocenters. The normalized spacial score (nSPS) is 29.1. The molecule has 0 amide bonds. The van der Waals surface area contributed by atoms with E-state index in [9.17, 15) is 8.78 Å². The Labute approximate surface area is 105 Å². The zero-order chi connectivity index (χ0) is 13.8. The molecule has 0 aromatic carbocycles. The second-order valence-corrected chi connectivity index (χ2v) is 4.27. The van der Waals surface area contributed by atoms with Crippen molar-refractivity contribution in [2.75, 3.05) is 20.3 Å². The van der Waals surface area contributed by atoms with Crippen LogP contribution < -0.4 is 5.32 Å². The molecule has 5 nitrogen and oxygen atoms in total. The second kappa shape index (κ2) is 6.29. The highest BCUT2D eigenvalue weighted by Crippen LogP contribution is 2.33. The molecule has 18 heavy (non-hydrogen) atoms. The summed E-state index contributed by atoms with van der Waals surface area (Å²) in [5, 5.41) is 11.7. The van der Waals surface area contributed by atoms with Crippen molar-refractivity contribution in [2.45, 2.75) is 44.4 Å². The Morgan fingerprint density at radius 2 is 2.33 bits per heavy atom. The largest absolute Gasteiger partial charge is 0.453 e. The Morgan fingerprint density at radius 3 is 2.78 bits per heavy atom. The van der Waals surface area contributed by atoms with Gasteiger partial charge in [-0.3, -0.25) is 0 Å². The van der Waals surface area contributed by atoms with Gasteiger partial charge in [0.2, 0.25) is 0 Å². The Hall–Kier alpha value is -0.950. The summed E-state index contributed by atoms with van der Waals surface area (Å²) in [5.41, 5.74) is 0. The first-order valence-electron chi connectivity index (χ1n) is 5.95. The summed E-state index contributed by atoms with van der Waals surface area (Å²) in [6.45, 7) is 2.86. The lowest BCUT2D eigenvalue weighted by molar-refractivity contribution is -0.120. The zero-order valence-corrected chi connectivity index (χ0v) is 10.8. The maximum absolute atomic E-state index is 13.7. The molecule has 2 N–H and O–H groups in total. The van der Waals surface area contributed by atoms with E-state index in [1.807, 2.05) is 13.8 Å². The Balaban J connectivity index is 2.61. The van der Waals surface area contributed by atoms with Crippen molar-refractivity contribution < 1.29 is 23.4 Å². The fraction of sp³-hybridized carbons (Fsp3) is 0.909. The topological polar surface area (TPSA) is 63.1 Å².